The van der Waals surface area contributed by atoms with E-state index in [1.54, 1.807) is 0 Å². The molecule has 26 heavy (non-hydrogen) atoms. The SMILES string of the molecule is CC(C)C(CNC(=O)C1(c2ccc(Br)cc2)CCC1)N1CCN(C)CC1. The van der Waals surface area contributed by atoms with Gasteiger partial charge in [0, 0.05) is 43.2 Å². The van der Waals surface area contributed by atoms with Gasteiger partial charge in [-0.1, -0.05) is 48.3 Å². The molecule has 2 fully saturated rings. The number of carbonyl (C=O) groups is 1. The Morgan fingerprint density at radius 2 is 1.77 bits per heavy atom. The minimum absolute atomic E-state index is 0.214. The number of hydrogen-bond acceptors (Lipinski definition) is 3. The highest BCUT2D eigenvalue weighted by atomic mass is 79.9. The maximum Gasteiger partial charge on any atom is 0.230 e. The minimum atomic E-state index is -0.315. The Hall–Kier alpha value is -0.910. The van der Waals surface area contributed by atoms with Crippen LogP contribution in [0.4, 0.5) is 0 Å². The molecule has 3 rings (SSSR count). The summed E-state index contributed by atoms with van der Waals surface area (Å²) in [5.74, 6) is 0.745. The lowest BCUT2D eigenvalue weighted by Gasteiger charge is -2.43. The van der Waals surface area contributed by atoms with Crippen LogP contribution in [0.5, 0.6) is 0 Å². The van der Waals surface area contributed by atoms with E-state index >= 15 is 0 Å². The van der Waals surface area contributed by atoms with E-state index in [2.05, 4.69) is 64.1 Å². The van der Waals surface area contributed by atoms with Crippen molar-refractivity contribution < 1.29 is 4.79 Å². The van der Waals surface area contributed by atoms with Crippen LogP contribution in [-0.4, -0.2) is 61.5 Å². The van der Waals surface area contributed by atoms with Crippen LogP contribution in [0.3, 0.4) is 0 Å². The highest BCUT2D eigenvalue weighted by Crippen LogP contribution is 2.44. The lowest BCUT2D eigenvalue weighted by molar-refractivity contribution is -0.130. The Kier molecular flexibility index (Phi) is 6.41. The van der Waals surface area contributed by atoms with Crippen LogP contribution in [0.1, 0.15) is 38.7 Å². The van der Waals surface area contributed by atoms with E-state index < -0.39 is 0 Å². The van der Waals surface area contributed by atoms with E-state index in [-0.39, 0.29) is 11.3 Å². The fraction of sp³-hybridized carbons (Fsp3) is 0.667. The van der Waals surface area contributed by atoms with Crippen molar-refractivity contribution in [3.8, 4) is 0 Å². The van der Waals surface area contributed by atoms with E-state index in [1.165, 1.54) is 0 Å². The predicted octanol–water partition coefficient (Wildman–Crippen LogP) is 3.26. The lowest BCUT2D eigenvalue weighted by atomic mass is 9.64. The normalized spacial score (nSPS) is 22.0. The first-order valence-electron chi connectivity index (χ1n) is 9.89. The second-order valence-corrected chi connectivity index (χ2v) is 9.22. The average Bonchev–Trinajstić information content (AvgIpc) is 2.57. The van der Waals surface area contributed by atoms with Gasteiger partial charge in [-0.2, -0.15) is 0 Å². The summed E-state index contributed by atoms with van der Waals surface area (Å²) in [6.45, 7) is 9.69. The molecule has 5 heteroatoms. The number of carbonyl (C=O) groups excluding carboxylic acids is 1. The number of rotatable bonds is 6. The van der Waals surface area contributed by atoms with E-state index in [0.29, 0.717) is 12.0 Å². The molecule has 144 valence electrons. The fourth-order valence-electron chi connectivity index (χ4n) is 4.25. The molecule has 1 aliphatic carbocycles. The van der Waals surface area contributed by atoms with Gasteiger partial charge in [0.25, 0.3) is 0 Å². The lowest BCUT2D eigenvalue weighted by Crippen LogP contribution is -2.56. The number of halogens is 1. The number of benzene rings is 1. The van der Waals surface area contributed by atoms with Gasteiger partial charge in [0.1, 0.15) is 0 Å². The van der Waals surface area contributed by atoms with Crippen LogP contribution in [-0.2, 0) is 10.2 Å². The highest BCUT2D eigenvalue weighted by Gasteiger charge is 2.45. The second kappa shape index (κ2) is 8.41. The summed E-state index contributed by atoms with van der Waals surface area (Å²) in [7, 11) is 2.18. The number of hydrogen-bond donors (Lipinski definition) is 1. The van der Waals surface area contributed by atoms with Crippen LogP contribution >= 0.6 is 15.9 Å². The Morgan fingerprint density at radius 3 is 2.27 bits per heavy atom. The molecule has 0 aromatic heterocycles. The number of piperazine rings is 1. The van der Waals surface area contributed by atoms with Gasteiger partial charge in [0.2, 0.25) is 5.91 Å². The Balaban J connectivity index is 1.64. The molecule has 0 bridgehead atoms. The van der Waals surface area contributed by atoms with E-state index in [1.807, 2.05) is 12.1 Å². The average molecular weight is 422 g/mol. The number of likely N-dealkylation sites (N-methyl/N-ethyl adjacent to an activating group) is 1. The Labute approximate surface area is 166 Å². The first-order chi connectivity index (χ1) is 12.4. The van der Waals surface area contributed by atoms with Crippen LogP contribution in [0.15, 0.2) is 28.7 Å². The summed E-state index contributed by atoms with van der Waals surface area (Å²) in [5.41, 5.74) is 0.842. The molecular formula is C21H32BrN3O. The fourth-order valence-corrected chi connectivity index (χ4v) is 4.52. The largest absolute Gasteiger partial charge is 0.354 e. The van der Waals surface area contributed by atoms with Crippen molar-refractivity contribution in [2.45, 2.75) is 44.6 Å². The molecule has 1 amide bonds. The highest BCUT2D eigenvalue weighted by molar-refractivity contribution is 9.10. The van der Waals surface area contributed by atoms with Crippen molar-refractivity contribution in [2.75, 3.05) is 39.8 Å². The monoisotopic (exact) mass is 421 g/mol. The molecule has 1 heterocycles. The zero-order chi connectivity index (χ0) is 18.7. The van der Waals surface area contributed by atoms with Gasteiger partial charge in [-0.15, -0.1) is 0 Å². The topological polar surface area (TPSA) is 35.6 Å². The van der Waals surface area contributed by atoms with Crippen LogP contribution in [0, 0.1) is 5.92 Å². The molecule has 0 spiro atoms. The quantitative estimate of drug-likeness (QED) is 0.765. The molecule has 1 aliphatic heterocycles. The molecule has 1 saturated heterocycles. The Bertz CT molecular complexity index is 604. The molecular weight excluding hydrogens is 390 g/mol. The van der Waals surface area contributed by atoms with Gasteiger partial charge in [0.05, 0.1) is 5.41 Å². The van der Waals surface area contributed by atoms with Gasteiger partial charge in [-0.05, 0) is 43.5 Å². The third kappa shape index (κ3) is 4.15. The summed E-state index contributed by atoms with van der Waals surface area (Å²) in [4.78, 5) is 18.1. The van der Waals surface area contributed by atoms with E-state index in [9.17, 15) is 4.79 Å². The molecule has 1 unspecified atom stereocenters. The van der Waals surface area contributed by atoms with E-state index in [0.717, 1.165) is 62.0 Å². The molecule has 4 nitrogen and oxygen atoms in total. The van der Waals surface area contributed by atoms with Crippen molar-refractivity contribution >= 4 is 21.8 Å². The minimum Gasteiger partial charge on any atom is -0.354 e. The molecule has 1 atom stereocenters. The summed E-state index contributed by atoms with van der Waals surface area (Å²) >= 11 is 3.49. The Morgan fingerprint density at radius 1 is 1.15 bits per heavy atom. The van der Waals surface area contributed by atoms with Gasteiger partial charge < -0.3 is 10.2 Å². The number of nitrogens with one attached hydrogen (secondary N) is 1. The van der Waals surface area contributed by atoms with Crippen molar-refractivity contribution in [3.05, 3.63) is 34.3 Å². The first-order valence-corrected chi connectivity index (χ1v) is 10.7. The van der Waals surface area contributed by atoms with Gasteiger partial charge in [-0.3, -0.25) is 9.69 Å². The first kappa shape index (κ1) is 19.8. The van der Waals surface area contributed by atoms with E-state index in [4.69, 9.17) is 0 Å². The van der Waals surface area contributed by atoms with Crippen LogP contribution in [0.25, 0.3) is 0 Å². The van der Waals surface area contributed by atoms with Crippen molar-refractivity contribution in [1.82, 2.24) is 15.1 Å². The van der Waals surface area contributed by atoms with Gasteiger partial charge >= 0.3 is 0 Å². The summed E-state index contributed by atoms with van der Waals surface area (Å²) in [6.07, 6.45) is 3.05. The maximum absolute atomic E-state index is 13.1. The van der Waals surface area contributed by atoms with Gasteiger partial charge in [0.15, 0.2) is 0 Å². The predicted molar refractivity (Wildman–Crippen MR) is 110 cm³/mol. The molecule has 1 saturated carbocycles. The van der Waals surface area contributed by atoms with Crippen LogP contribution < -0.4 is 5.32 Å². The summed E-state index contributed by atoms with van der Waals surface area (Å²) in [5, 5.41) is 3.32. The number of amides is 1. The van der Waals surface area contributed by atoms with Crippen LogP contribution in [0.2, 0.25) is 0 Å². The molecule has 1 N–H and O–H groups in total. The zero-order valence-corrected chi connectivity index (χ0v) is 17.9. The maximum atomic E-state index is 13.1. The van der Waals surface area contributed by atoms with Crippen molar-refractivity contribution in [2.24, 2.45) is 5.92 Å². The van der Waals surface area contributed by atoms with Gasteiger partial charge in [-0.25, -0.2) is 0 Å². The third-order valence-corrected chi connectivity index (χ3v) is 6.82. The molecule has 1 aromatic carbocycles. The standard InChI is InChI=1S/C21H32BrN3O/c1-16(2)19(25-13-11-24(3)12-14-25)15-23-20(26)21(9-4-10-21)17-5-7-18(22)8-6-17/h5-8,16,19H,4,9-15H2,1-3H3,(H,23,26). The molecule has 0 radical (unpaired) electrons. The smallest absolute Gasteiger partial charge is 0.230 e. The summed E-state index contributed by atoms with van der Waals surface area (Å²) < 4.78 is 1.06. The summed E-state index contributed by atoms with van der Waals surface area (Å²) in [6, 6.07) is 8.70. The van der Waals surface area contributed by atoms with Crippen molar-refractivity contribution in [3.63, 3.8) is 0 Å². The molecule has 2 aliphatic rings. The van der Waals surface area contributed by atoms with Crippen molar-refractivity contribution in [1.29, 1.82) is 0 Å². The second-order valence-electron chi connectivity index (χ2n) is 8.30. The number of nitrogens with zero attached hydrogens (tertiary/aromatic N) is 2. The zero-order valence-electron chi connectivity index (χ0n) is 16.3. The third-order valence-electron chi connectivity index (χ3n) is 6.29. The molecule has 1 aromatic rings.